The van der Waals surface area contributed by atoms with E-state index >= 15 is 0 Å². The summed E-state index contributed by atoms with van der Waals surface area (Å²) < 4.78 is 64.8. The van der Waals surface area contributed by atoms with Crippen molar-refractivity contribution in [3.8, 4) is 5.75 Å². The highest BCUT2D eigenvalue weighted by Gasteiger charge is 2.38. The Hall–Kier alpha value is -2.57. The number of hydrogen-bond acceptors (Lipinski definition) is 5. The zero-order valence-corrected chi connectivity index (χ0v) is 19.2. The molecule has 0 amide bonds. The van der Waals surface area contributed by atoms with Gasteiger partial charge < -0.3 is 14.4 Å². The molecule has 1 aromatic heterocycles. The molecule has 3 rings (SSSR count). The molecular formula is C21H28F3N3O5S. The summed E-state index contributed by atoms with van der Waals surface area (Å²) in [7, 11) is -1.44. The van der Waals surface area contributed by atoms with E-state index in [2.05, 4.69) is 38.6 Å². The molecule has 2 heterocycles. The van der Waals surface area contributed by atoms with Gasteiger partial charge in [-0.3, -0.25) is 4.90 Å². The van der Waals surface area contributed by atoms with Gasteiger partial charge in [-0.25, -0.2) is 17.9 Å². The Labute approximate surface area is 191 Å². The molecular weight excluding hydrogens is 463 g/mol. The monoisotopic (exact) mass is 491 g/mol. The molecule has 1 aliphatic rings. The number of carbonyl (C=O) groups is 1. The van der Waals surface area contributed by atoms with Crippen LogP contribution in [-0.4, -0.2) is 61.6 Å². The molecule has 0 saturated heterocycles. The molecule has 1 unspecified atom stereocenters. The average molecular weight is 492 g/mol. The number of rotatable bonds is 7. The first-order valence-electron chi connectivity index (χ1n) is 10.1. The van der Waals surface area contributed by atoms with Gasteiger partial charge in [-0.1, -0.05) is 18.2 Å². The predicted octanol–water partition coefficient (Wildman–Crippen LogP) is 2.70. The molecule has 0 bridgehead atoms. The fourth-order valence-corrected chi connectivity index (χ4v) is 4.08. The van der Waals surface area contributed by atoms with Crippen LogP contribution in [0.5, 0.6) is 5.75 Å². The number of aliphatic carboxylic acids is 1. The van der Waals surface area contributed by atoms with Gasteiger partial charge in [-0.15, -0.1) is 0 Å². The van der Waals surface area contributed by atoms with Crippen LogP contribution in [0.15, 0.2) is 42.6 Å². The second kappa shape index (κ2) is 11.5. The highest BCUT2D eigenvalue weighted by atomic mass is 32.2. The minimum Gasteiger partial charge on any atom is -0.496 e. The maximum absolute atomic E-state index is 11.3. The van der Waals surface area contributed by atoms with Crippen LogP contribution < -0.4 is 9.46 Å². The molecule has 0 aliphatic carbocycles. The quantitative estimate of drug-likeness (QED) is 0.618. The third-order valence-electron chi connectivity index (χ3n) is 5.03. The van der Waals surface area contributed by atoms with Crippen molar-refractivity contribution in [3.63, 3.8) is 0 Å². The van der Waals surface area contributed by atoms with Crippen molar-refractivity contribution < 1.29 is 36.2 Å². The van der Waals surface area contributed by atoms with Gasteiger partial charge in [0.25, 0.3) is 0 Å². The standard InChI is InChI=1S/C19H27N3O3S.C2HF3O2/c1-25-19-8-4-3-6-17(19)14-21-12-16(9-10-20-26(2,23)24)13-22-11-5-7-18(22)15-21;3-2(4,5)1(6)7/h3-8,11,16,20H,9-10,12-15H2,1-2H3;(H,6,7). The molecule has 12 heteroatoms. The predicted molar refractivity (Wildman–Crippen MR) is 116 cm³/mol. The van der Waals surface area contributed by atoms with Crippen LogP contribution in [0.25, 0.3) is 0 Å². The van der Waals surface area contributed by atoms with Crippen LogP contribution in [0, 0.1) is 5.92 Å². The first-order chi connectivity index (χ1) is 15.4. The first-order valence-corrected chi connectivity index (χ1v) is 12.0. The summed E-state index contributed by atoms with van der Waals surface area (Å²) in [6, 6.07) is 12.3. The van der Waals surface area contributed by atoms with E-state index in [1.165, 1.54) is 17.5 Å². The maximum Gasteiger partial charge on any atom is 0.490 e. The summed E-state index contributed by atoms with van der Waals surface area (Å²) in [4.78, 5) is 11.3. The first kappa shape index (κ1) is 26.7. The molecule has 0 saturated carbocycles. The van der Waals surface area contributed by atoms with Crippen LogP contribution in [0.1, 0.15) is 17.7 Å². The number of fused-ring (bicyclic) bond motifs is 1. The molecule has 33 heavy (non-hydrogen) atoms. The number of nitrogens with zero attached hydrogens (tertiary/aromatic N) is 2. The van der Waals surface area contributed by atoms with E-state index in [-0.39, 0.29) is 0 Å². The summed E-state index contributed by atoms with van der Waals surface area (Å²) >= 11 is 0. The molecule has 2 N–H and O–H groups in total. The lowest BCUT2D eigenvalue weighted by Gasteiger charge is -2.25. The van der Waals surface area contributed by atoms with Crippen LogP contribution in [0.4, 0.5) is 13.2 Å². The minimum absolute atomic E-state index is 0.382. The molecule has 0 spiro atoms. The van der Waals surface area contributed by atoms with Crippen LogP contribution in [-0.2, 0) is 34.5 Å². The average Bonchev–Trinajstić information content (AvgIpc) is 3.06. The number of halogens is 3. The third kappa shape index (κ3) is 9.06. The molecule has 0 radical (unpaired) electrons. The van der Waals surface area contributed by atoms with E-state index in [0.29, 0.717) is 12.5 Å². The van der Waals surface area contributed by atoms with Gasteiger partial charge in [-0.2, -0.15) is 13.2 Å². The zero-order chi connectivity index (χ0) is 24.6. The summed E-state index contributed by atoms with van der Waals surface area (Å²) in [6.45, 7) is 4.00. The smallest absolute Gasteiger partial charge is 0.490 e. The van der Waals surface area contributed by atoms with Crippen LogP contribution in [0.3, 0.4) is 0 Å². The van der Waals surface area contributed by atoms with Gasteiger partial charge in [0.05, 0.1) is 13.4 Å². The maximum atomic E-state index is 11.3. The lowest BCUT2D eigenvalue weighted by atomic mass is 10.0. The number of alkyl halides is 3. The van der Waals surface area contributed by atoms with E-state index in [9.17, 15) is 21.6 Å². The molecule has 0 fully saturated rings. The fourth-order valence-electron chi connectivity index (χ4n) is 3.59. The second-order valence-corrected chi connectivity index (χ2v) is 9.59. The largest absolute Gasteiger partial charge is 0.496 e. The molecule has 1 aromatic carbocycles. The van der Waals surface area contributed by atoms with Gasteiger partial charge in [0.15, 0.2) is 0 Å². The lowest BCUT2D eigenvalue weighted by molar-refractivity contribution is -0.192. The topological polar surface area (TPSA) is 101 Å². The number of para-hydroxylation sites is 1. The SMILES string of the molecule is COc1ccccc1CN1Cc2cccn2CC(CCNS(C)(=O)=O)C1.O=C(O)C(F)(F)F. The van der Waals surface area contributed by atoms with Gasteiger partial charge in [-0.05, 0) is 30.5 Å². The number of carboxylic acids is 1. The third-order valence-corrected chi connectivity index (χ3v) is 5.75. The Balaban J connectivity index is 0.000000479. The molecule has 184 valence electrons. The van der Waals surface area contributed by atoms with Crippen molar-refractivity contribution >= 4 is 16.0 Å². The number of methoxy groups -OCH3 is 1. The molecule has 1 aliphatic heterocycles. The number of sulfonamides is 1. The summed E-state index contributed by atoms with van der Waals surface area (Å²) in [6.07, 6.45) is -0.954. The number of nitrogens with one attached hydrogen (secondary N) is 1. The Morgan fingerprint density at radius 2 is 1.88 bits per heavy atom. The fraction of sp³-hybridized carbons (Fsp3) is 0.476. The summed E-state index contributed by atoms with van der Waals surface area (Å²) in [5.41, 5.74) is 2.46. The lowest BCUT2D eigenvalue weighted by Crippen LogP contribution is -2.31. The van der Waals surface area contributed by atoms with Crippen molar-refractivity contribution in [1.82, 2.24) is 14.2 Å². The Kier molecular flexibility index (Phi) is 9.32. The highest BCUT2D eigenvalue weighted by Crippen LogP contribution is 2.24. The number of carboxylic acid groups (broad SMARTS) is 1. The minimum atomic E-state index is -5.08. The Bertz CT molecular complexity index is 1020. The molecule has 2 aromatic rings. The zero-order valence-electron chi connectivity index (χ0n) is 18.4. The summed E-state index contributed by atoms with van der Waals surface area (Å²) in [5, 5.41) is 7.12. The number of hydrogen-bond donors (Lipinski definition) is 2. The van der Waals surface area contributed by atoms with E-state index in [1.54, 1.807) is 7.11 Å². The Morgan fingerprint density at radius 1 is 1.21 bits per heavy atom. The number of benzene rings is 1. The van der Waals surface area contributed by atoms with Gasteiger partial charge in [0.2, 0.25) is 10.0 Å². The van der Waals surface area contributed by atoms with Crippen molar-refractivity contribution in [2.75, 3.05) is 26.5 Å². The van der Waals surface area contributed by atoms with Gasteiger partial charge in [0.1, 0.15) is 5.75 Å². The highest BCUT2D eigenvalue weighted by molar-refractivity contribution is 7.88. The molecule has 8 nitrogen and oxygen atoms in total. The van der Waals surface area contributed by atoms with Gasteiger partial charge >= 0.3 is 12.1 Å². The van der Waals surface area contributed by atoms with Crippen molar-refractivity contribution in [2.45, 2.75) is 32.2 Å². The van der Waals surface area contributed by atoms with Gasteiger partial charge in [0, 0.05) is 50.2 Å². The number of ether oxygens (including phenoxy) is 1. The van der Waals surface area contributed by atoms with E-state index in [1.807, 2.05) is 18.2 Å². The number of aromatic nitrogens is 1. The second-order valence-electron chi connectivity index (χ2n) is 7.76. The summed E-state index contributed by atoms with van der Waals surface area (Å²) in [5.74, 6) is -1.47. The van der Waals surface area contributed by atoms with E-state index in [0.717, 1.165) is 38.3 Å². The van der Waals surface area contributed by atoms with Crippen LogP contribution in [0.2, 0.25) is 0 Å². The normalized spacial score (nSPS) is 16.8. The van der Waals surface area contributed by atoms with E-state index < -0.39 is 22.2 Å². The van der Waals surface area contributed by atoms with Crippen molar-refractivity contribution in [3.05, 3.63) is 53.9 Å². The molecule has 1 atom stereocenters. The van der Waals surface area contributed by atoms with E-state index in [4.69, 9.17) is 14.6 Å². The Morgan fingerprint density at radius 3 is 2.48 bits per heavy atom. The van der Waals surface area contributed by atoms with Crippen molar-refractivity contribution in [1.29, 1.82) is 0 Å². The van der Waals surface area contributed by atoms with Crippen LogP contribution >= 0.6 is 0 Å². The van der Waals surface area contributed by atoms with Crippen molar-refractivity contribution in [2.24, 2.45) is 5.92 Å².